The van der Waals surface area contributed by atoms with Crippen LogP contribution in [-0.2, 0) is 11.3 Å². The van der Waals surface area contributed by atoms with Crippen LogP contribution in [0, 0.1) is 11.3 Å². The summed E-state index contributed by atoms with van der Waals surface area (Å²) in [7, 11) is 0. The van der Waals surface area contributed by atoms with E-state index < -0.39 is 0 Å². The topological polar surface area (TPSA) is 155 Å². The van der Waals surface area contributed by atoms with Crippen molar-refractivity contribution in [1.82, 2.24) is 39.7 Å². The van der Waals surface area contributed by atoms with Crippen molar-refractivity contribution in [2.45, 2.75) is 13.5 Å². The average Bonchev–Trinajstić information content (AvgIpc) is 3.46. The van der Waals surface area contributed by atoms with Gasteiger partial charge in [0.1, 0.15) is 23.2 Å². The van der Waals surface area contributed by atoms with Crippen molar-refractivity contribution in [2.24, 2.45) is 0 Å². The normalized spacial score (nSPS) is 14.1. The molecule has 45 heavy (non-hydrogen) atoms. The van der Waals surface area contributed by atoms with Gasteiger partial charge in [-0.1, -0.05) is 18.2 Å². The zero-order valence-corrected chi connectivity index (χ0v) is 24.7. The second-order valence-corrected chi connectivity index (χ2v) is 10.4. The van der Waals surface area contributed by atoms with E-state index in [4.69, 9.17) is 21.0 Å². The molecule has 4 aromatic heterocycles. The molecule has 1 aliphatic heterocycles. The highest BCUT2D eigenvalue weighted by atomic mass is 16.1. The van der Waals surface area contributed by atoms with Crippen LogP contribution >= 0.6 is 0 Å². The molecule has 1 saturated heterocycles. The molecule has 1 fully saturated rings. The molecule has 5 aromatic rings. The number of nitrogens with one attached hydrogen (secondary N) is 1. The summed E-state index contributed by atoms with van der Waals surface area (Å²) >= 11 is 0. The molecule has 0 unspecified atom stereocenters. The van der Waals surface area contributed by atoms with E-state index in [1.807, 2.05) is 54.0 Å². The number of carbonyl (C=O) groups excluding carboxylic acids is 1. The standard InChI is InChI=1S/C33H31N11O/c1-2-24(11-14-36-22-45)27-9-10-28-33(39-27)44(32(40-28)26-4-3-13-38-31(26)35)25-7-5-23(6-8-25)21-42-16-18-43(19-17-42)30-12-15-37-29(20-34)41-30/h2-15,22H,16-19,21H2,1H3,(H2,35,38)(H,36,45)/b14-11-,24-2+. The molecule has 0 spiro atoms. The molecule has 1 aromatic carbocycles. The zero-order chi connectivity index (χ0) is 31.2. The average molecular weight is 598 g/mol. The minimum atomic E-state index is 0.187. The molecular formula is C33H31N11O. The number of benzene rings is 1. The summed E-state index contributed by atoms with van der Waals surface area (Å²) < 4.78 is 2.01. The van der Waals surface area contributed by atoms with Crippen molar-refractivity contribution in [3.05, 3.63) is 102 Å². The van der Waals surface area contributed by atoms with Crippen molar-refractivity contribution in [1.29, 1.82) is 5.26 Å². The number of rotatable bonds is 9. The molecule has 0 atom stereocenters. The summed E-state index contributed by atoms with van der Waals surface area (Å²) in [5, 5.41) is 11.7. The van der Waals surface area contributed by atoms with Gasteiger partial charge in [-0.25, -0.2) is 24.9 Å². The van der Waals surface area contributed by atoms with Gasteiger partial charge in [0, 0.05) is 57.0 Å². The van der Waals surface area contributed by atoms with Gasteiger partial charge < -0.3 is 16.0 Å². The first-order chi connectivity index (χ1) is 22.1. The fourth-order valence-electron chi connectivity index (χ4n) is 5.38. The van der Waals surface area contributed by atoms with E-state index in [9.17, 15) is 4.79 Å². The van der Waals surface area contributed by atoms with Crippen molar-refractivity contribution in [3.8, 4) is 23.1 Å². The first-order valence-corrected chi connectivity index (χ1v) is 14.5. The number of nitrogens with zero attached hydrogens (tertiary/aromatic N) is 9. The molecule has 0 aliphatic carbocycles. The van der Waals surface area contributed by atoms with Gasteiger partial charge in [0.25, 0.3) is 0 Å². The summed E-state index contributed by atoms with van der Waals surface area (Å²) in [6.45, 7) is 6.12. The number of nitriles is 1. The lowest BCUT2D eigenvalue weighted by atomic mass is 10.1. The number of piperazine rings is 1. The Morgan fingerprint density at radius 2 is 1.82 bits per heavy atom. The third-order valence-electron chi connectivity index (χ3n) is 7.66. The number of hydrogen-bond acceptors (Lipinski definition) is 10. The van der Waals surface area contributed by atoms with Gasteiger partial charge in [-0.2, -0.15) is 5.26 Å². The summed E-state index contributed by atoms with van der Waals surface area (Å²) in [6, 6.07) is 19.9. The predicted molar refractivity (Wildman–Crippen MR) is 173 cm³/mol. The molecule has 5 heterocycles. The SMILES string of the molecule is C/C=C(\C=C/NC=O)c1ccc2nc(-c3cccnc3N)n(-c3ccc(CN4CCN(c5ccnc(C#N)n5)CC4)cc3)c2n1. The summed E-state index contributed by atoms with van der Waals surface area (Å²) in [6.07, 6.45) is 9.22. The first-order valence-electron chi connectivity index (χ1n) is 14.5. The fourth-order valence-corrected chi connectivity index (χ4v) is 5.38. The zero-order valence-electron chi connectivity index (χ0n) is 24.7. The molecule has 0 radical (unpaired) electrons. The quantitative estimate of drug-likeness (QED) is 0.190. The number of hydrogen-bond donors (Lipinski definition) is 2. The molecule has 6 rings (SSSR count). The van der Waals surface area contributed by atoms with Crippen LogP contribution in [0.25, 0.3) is 33.8 Å². The minimum Gasteiger partial charge on any atom is -0.383 e. The smallest absolute Gasteiger partial charge is 0.234 e. The van der Waals surface area contributed by atoms with Gasteiger partial charge in [0.05, 0.1) is 11.3 Å². The lowest BCUT2D eigenvalue weighted by Gasteiger charge is -2.35. The third-order valence-corrected chi connectivity index (χ3v) is 7.66. The molecule has 3 N–H and O–H groups in total. The Hall–Kier alpha value is -5.93. The van der Waals surface area contributed by atoms with E-state index in [1.165, 1.54) is 5.56 Å². The number of nitrogens with two attached hydrogens (primary N) is 1. The lowest BCUT2D eigenvalue weighted by Crippen LogP contribution is -2.46. The van der Waals surface area contributed by atoms with Crippen LogP contribution in [0.4, 0.5) is 11.6 Å². The number of amides is 1. The third kappa shape index (κ3) is 6.24. The maximum absolute atomic E-state index is 10.7. The van der Waals surface area contributed by atoms with Crippen LogP contribution in [0.15, 0.2) is 85.3 Å². The Kier molecular flexibility index (Phi) is 8.52. The minimum absolute atomic E-state index is 0.187. The predicted octanol–water partition coefficient (Wildman–Crippen LogP) is 3.71. The van der Waals surface area contributed by atoms with E-state index in [2.05, 4.69) is 54.3 Å². The Morgan fingerprint density at radius 3 is 2.56 bits per heavy atom. The van der Waals surface area contributed by atoms with E-state index in [1.54, 1.807) is 24.7 Å². The number of aromatic nitrogens is 6. The Bertz CT molecular complexity index is 1930. The van der Waals surface area contributed by atoms with E-state index in [0.717, 1.165) is 61.0 Å². The maximum Gasteiger partial charge on any atom is 0.234 e. The van der Waals surface area contributed by atoms with Crippen LogP contribution in [0.1, 0.15) is 24.0 Å². The molecule has 1 aliphatic rings. The van der Waals surface area contributed by atoms with E-state index in [0.29, 0.717) is 29.3 Å². The molecule has 0 saturated carbocycles. The van der Waals surface area contributed by atoms with Crippen molar-refractivity contribution < 1.29 is 4.79 Å². The number of allylic oxidation sites excluding steroid dienone is 3. The highest BCUT2D eigenvalue weighted by molar-refractivity contribution is 5.85. The van der Waals surface area contributed by atoms with Gasteiger partial charge in [-0.05, 0) is 66.6 Å². The van der Waals surface area contributed by atoms with Gasteiger partial charge in [-0.3, -0.25) is 14.3 Å². The number of carbonyl (C=O) groups is 1. The molecule has 12 nitrogen and oxygen atoms in total. The Balaban J connectivity index is 1.28. The summed E-state index contributed by atoms with van der Waals surface area (Å²) in [4.78, 5) is 37.9. The van der Waals surface area contributed by atoms with Gasteiger partial charge in [0.15, 0.2) is 11.5 Å². The molecule has 12 heteroatoms. The van der Waals surface area contributed by atoms with Gasteiger partial charge in [-0.15, -0.1) is 0 Å². The van der Waals surface area contributed by atoms with Crippen LogP contribution in [0.3, 0.4) is 0 Å². The van der Waals surface area contributed by atoms with E-state index in [-0.39, 0.29) is 5.82 Å². The van der Waals surface area contributed by atoms with Crippen molar-refractivity contribution in [3.63, 3.8) is 0 Å². The second kappa shape index (κ2) is 13.2. The maximum atomic E-state index is 10.7. The van der Waals surface area contributed by atoms with Crippen LogP contribution < -0.4 is 16.0 Å². The molecule has 1 amide bonds. The summed E-state index contributed by atoms with van der Waals surface area (Å²) in [5.74, 6) is 2.00. The number of fused-ring (bicyclic) bond motifs is 1. The van der Waals surface area contributed by atoms with Crippen LogP contribution in [0.5, 0.6) is 0 Å². The number of pyridine rings is 2. The summed E-state index contributed by atoms with van der Waals surface area (Å²) in [5.41, 5.74) is 12.1. The number of nitrogen functional groups attached to an aromatic ring is 1. The first kappa shape index (κ1) is 29.2. The van der Waals surface area contributed by atoms with Gasteiger partial charge in [0.2, 0.25) is 12.2 Å². The van der Waals surface area contributed by atoms with Gasteiger partial charge >= 0.3 is 0 Å². The number of imidazole rings is 1. The monoisotopic (exact) mass is 597 g/mol. The number of anilines is 2. The molecular weight excluding hydrogens is 566 g/mol. The largest absolute Gasteiger partial charge is 0.383 e. The Labute approximate surface area is 260 Å². The second-order valence-electron chi connectivity index (χ2n) is 10.4. The van der Waals surface area contributed by atoms with Crippen molar-refractivity contribution >= 4 is 34.8 Å². The molecule has 224 valence electrons. The van der Waals surface area contributed by atoms with Crippen molar-refractivity contribution in [2.75, 3.05) is 36.8 Å². The van der Waals surface area contributed by atoms with Crippen LogP contribution in [0.2, 0.25) is 0 Å². The fraction of sp³-hybridized carbons (Fsp3) is 0.182. The highest BCUT2D eigenvalue weighted by Gasteiger charge is 2.21. The lowest BCUT2D eigenvalue weighted by molar-refractivity contribution is -0.108. The highest BCUT2D eigenvalue weighted by Crippen LogP contribution is 2.31. The Morgan fingerprint density at radius 1 is 1.00 bits per heavy atom. The van der Waals surface area contributed by atoms with Crippen LogP contribution in [-0.4, -0.2) is 67.0 Å². The molecule has 0 bridgehead atoms. The van der Waals surface area contributed by atoms with E-state index >= 15 is 0 Å².